The number of allylic oxidation sites excluding steroid dienone is 1. The van der Waals surface area contributed by atoms with Crippen LogP contribution in [0.15, 0.2) is 53.2 Å². The van der Waals surface area contributed by atoms with Crippen molar-refractivity contribution in [2.24, 2.45) is 0 Å². The van der Waals surface area contributed by atoms with Gasteiger partial charge in [-0.3, -0.25) is 4.90 Å². The molecule has 2 heterocycles. The lowest BCUT2D eigenvalue weighted by Gasteiger charge is -2.37. The average molecular weight is 469 g/mol. The molecule has 2 aromatic rings. The first-order valence-corrected chi connectivity index (χ1v) is 13.1. The van der Waals surface area contributed by atoms with Gasteiger partial charge in [0.05, 0.1) is 4.90 Å². The summed E-state index contributed by atoms with van der Waals surface area (Å²) < 4.78 is 24.1. The van der Waals surface area contributed by atoms with E-state index in [1.807, 2.05) is 13.0 Å². The summed E-state index contributed by atoms with van der Waals surface area (Å²) in [5.74, 6) is 1.12. The molecular formula is C24H32N6O2S. The molecule has 1 aromatic carbocycles. The fourth-order valence-electron chi connectivity index (χ4n) is 4.10. The number of rotatable bonds is 6. The van der Waals surface area contributed by atoms with Gasteiger partial charge in [0.15, 0.2) is 9.84 Å². The van der Waals surface area contributed by atoms with Gasteiger partial charge in [0.1, 0.15) is 5.82 Å². The summed E-state index contributed by atoms with van der Waals surface area (Å²) in [6.07, 6.45) is 10.5. The monoisotopic (exact) mass is 468 g/mol. The molecule has 8 nitrogen and oxygen atoms in total. The minimum atomic E-state index is -3.31. The quantitative estimate of drug-likeness (QED) is 0.668. The van der Waals surface area contributed by atoms with Gasteiger partial charge in [0.25, 0.3) is 0 Å². The molecule has 1 atom stereocenters. The zero-order chi connectivity index (χ0) is 23.6. The van der Waals surface area contributed by atoms with Gasteiger partial charge in [-0.2, -0.15) is 4.98 Å². The van der Waals surface area contributed by atoms with Gasteiger partial charge in [-0.1, -0.05) is 18.2 Å². The highest BCUT2D eigenvalue weighted by Gasteiger charge is 2.21. The minimum Gasteiger partial charge on any atom is -0.340 e. The normalized spacial score (nSPS) is 19.9. The molecule has 9 heteroatoms. The van der Waals surface area contributed by atoms with Crippen LogP contribution < -0.4 is 10.6 Å². The van der Waals surface area contributed by atoms with Gasteiger partial charge in [0, 0.05) is 61.6 Å². The van der Waals surface area contributed by atoms with Crippen LogP contribution in [0.25, 0.3) is 0 Å². The fourth-order valence-corrected chi connectivity index (χ4v) is 5.09. The number of hydrogen-bond donors (Lipinski definition) is 2. The Morgan fingerprint density at radius 2 is 1.82 bits per heavy atom. The molecule has 0 amide bonds. The number of sulfone groups is 1. The SMILES string of the molecule is Cc1ccc(Nc2nc(NC3=CCC(N4CCN(C)CC4)C=C3)ncc2C)cc1S(C)(=O)=O. The molecule has 0 radical (unpaired) electrons. The maximum Gasteiger partial charge on any atom is 0.229 e. The van der Waals surface area contributed by atoms with Gasteiger partial charge >= 0.3 is 0 Å². The highest BCUT2D eigenvalue weighted by Crippen LogP contribution is 2.25. The standard InChI is InChI=1S/C24H32N6O2S/c1-17-5-6-20(15-22(17)33(4,31)32)26-23-18(2)16-25-24(28-23)27-19-7-9-21(10-8-19)30-13-11-29(3)12-14-30/h5-9,15-16,21H,10-14H2,1-4H3,(H2,25,26,27,28). The summed E-state index contributed by atoms with van der Waals surface area (Å²) in [7, 11) is -1.14. The third-order valence-corrected chi connectivity index (χ3v) is 7.40. The first-order chi connectivity index (χ1) is 15.7. The first-order valence-electron chi connectivity index (χ1n) is 11.2. The molecule has 1 fully saturated rings. The number of anilines is 3. The number of aryl methyl sites for hydroxylation is 2. The van der Waals surface area contributed by atoms with Crippen molar-refractivity contribution in [1.82, 2.24) is 19.8 Å². The molecular weight excluding hydrogens is 436 g/mol. The minimum absolute atomic E-state index is 0.310. The smallest absolute Gasteiger partial charge is 0.229 e. The topological polar surface area (TPSA) is 90.5 Å². The zero-order valence-corrected chi connectivity index (χ0v) is 20.5. The summed E-state index contributed by atoms with van der Waals surface area (Å²) in [5, 5.41) is 6.54. The van der Waals surface area contributed by atoms with E-state index in [1.54, 1.807) is 25.3 Å². The van der Waals surface area contributed by atoms with Crippen LogP contribution in [-0.4, -0.2) is 73.7 Å². The van der Waals surface area contributed by atoms with Crippen LogP contribution >= 0.6 is 0 Å². The average Bonchev–Trinajstić information content (AvgIpc) is 2.78. The number of benzene rings is 1. The van der Waals surface area contributed by atoms with Crippen LogP contribution in [0, 0.1) is 13.8 Å². The van der Waals surface area contributed by atoms with Crippen LogP contribution in [0.4, 0.5) is 17.5 Å². The highest BCUT2D eigenvalue weighted by molar-refractivity contribution is 7.90. The number of aromatic nitrogens is 2. The van der Waals surface area contributed by atoms with Crippen LogP contribution in [0.5, 0.6) is 0 Å². The molecule has 0 saturated carbocycles. The number of nitrogens with one attached hydrogen (secondary N) is 2. The third kappa shape index (κ3) is 5.79. The molecule has 176 valence electrons. The van der Waals surface area contributed by atoms with E-state index in [2.05, 4.69) is 55.7 Å². The van der Waals surface area contributed by atoms with E-state index >= 15 is 0 Å². The Morgan fingerprint density at radius 3 is 2.48 bits per heavy atom. The number of likely N-dealkylation sites (N-methyl/N-ethyl adjacent to an activating group) is 1. The molecule has 33 heavy (non-hydrogen) atoms. The van der Waals surface area contributed by atoms with E-state index < -0.39 is 9.84 Å². The lowest BCUT2D eigenvalue weighted by atomic mass is 10.0. The fraction of sp³-hybridized carbons (Fsp3) is 0.417. The Hall–Kier alpha value is -2.75. The molecule has 1 aromatic heterocycles. The molecule has 2 N–H and O–H groups in total. The van der Waals surface area contributed by atoms with Crippen molar-refractivity contribution in [2.45, 2.75) is 31.2 Å². The van der Waals surface area contributed by atoms with Crippen LogP contribution in [0.3, 0.4) is 0 Å². The summed E-state index contributed by atoms with van der Waals surface area (Å²) in [6.45, 7) is 8.12. The molecule has 1 aliphatic carbocycles. The number of hydrogen-bond acceptors (Lipinski definition) is 8. The molecule has 1 unspecified atom stereocenters. The van der Waals surface area contributed by atoms with Crippen LogP contribution in [0.2, 0.25) is 0 Å². The van der Waals surface area contributed by atoms with Crippen molar-refractivity contribution in [1.29, 1.82) is 0 Å². The molecule has 0 spiro atoms. The van der Waals surface area contributed by atoms with Crippen molar-refractivity contribution in [3.8, 4) is 0 Å². The van der Waals surface area contributed by atoms with Gasteiger partial charge in [-0.25, -0.2) is 13.4 Å². The molecule has 2 aliphatic rings. The predicted octanol–water partition coefficient (Wildman–Crippen LogP) is 3.11. The lowest BCUT2D eigenvalue weighted by Crippen LogP contribution is -2.48. The second kappa shape index (κ2) is 9.62. The summed E-state index contributed by atoms with van der Waals surface area (Å²) in [5.41, 5.74) is 3.23. The maximum absolute atomic E-state index is 12.1. The van der Waals surface area contributed by atoms with Crippen LogP contribution in [-0.2, 0) is 9.84 Å². The van der Waals surface area contributed by atoms with Crippen molar-refractivity contribution in [2.75, 3.05) is 50.1 Å². The summed E-state index contributed by atoms with van der Waals surface area (Å²) in [4.78, 5) is 14.2. The third-order valence-electron chi connectivity index (χ3n) is 6.16. The Labute approximate surface area is 196 Å². The van der Waals surface area contributed by atoms with E-state index in [0.717, 1.165) is 49.4 Å². The zero-order valence-electron chi connectivity index (χ0n) is 19.7. The van der Waals surface area contributed by atoms with E-state index in [4.69, 9.17) is 0 Å². The van der Waals surface area contributed by atoms with Crippen molar-refractivity contribution in [3.05, 3.63) is 59.4 Å². The van der Waals surface area contributed by atoms with Crippen molar-refractivity contribution in [3.63, 3.8) is 0 Å². The molecule has 4 rings (SSSR count). The van der Waals surface area contributed by atoms with Gasteiger partial charge in [-0.05, 0) is 51.1 Å². The van der Waals surface area contributed by atoms with Crippen LogP contribution in [0.1, 0.15) is 17.5 Å². The van der Waals surface area contributed by atoms with Crippen molar-refractivity contribution < 1.29 is 8.42 Å². The van der Waals surface area contributed by atoms with Gasteiger partial charge in [-0.15, -0.1) is 0 Å². The largest absolute Gasteiger partial charge is 0.340 e. The molecule has 0 bridgehead atoms. The summed E-state index contributed by atoms with van der Waals surface area (Å²) >= 11 is 0. The predicted molar refractivity (Wildman–Crippen MR) is 133 cm³/mol. The van der Waals surface area contributed by atoms with E-state index in [9.17, 15) is 8.42 Å². The second-order valence-electron chi connectivity index (χ2n) is 8.89. The lowest BCUT2D eigenvalue weighted by molar-refractivity contribution is 0.130. The Bertz CT molecular complexity index is 1180. The maximum atomic E-state index is 12.1. The van der Waals surface area contributed by atoms with E-state index in [1.165, 1.54) is 6.26 Å². The number of piperazine rings is 1. The number of nitrogens with zero attached hydrogens (tertiary/aromatic N) is 4. The van der Waals surface area contributed by atoms with Gasteiger partial charge in [0.2, 0.25) is 5.95 Å². The first kappa shape index (κ1) is 23.4. The Morgan fingerprint density at radius 1 is 1.06 bits per heavy atom. The van der Waals surface area contributed by atoms with E-state index in [-0.39, 0.29) is 0 Å². The van der Waals surface area contributed by atoms with E-state index in [0.29, 0.717) is 28.4 Å². The summed E-state index contributed by atoms with van der Waals surface area (Å²) in [6, 6.07) is 5.72. The Kier molecular flexibility index (Phi) is 6.83. The highest BCUT2D eigenvalue weighted by atomic mass is 32.2. The molecule has 1 saturated heterocycles. The second-order valence-corrected chi connectivity index (χ2v) is 10.9. The van der Waals surface area contributed by atoms with Crippen molar-refractivity contribution >= 4 is 27.3 Å². The Balaban J connectivity index is 1.44. The molecule has 1 aliphatic heterocycles. The van der Waals surface area contributed by atoms with Gasteiger partial charge < -0.3 is 15.5 Å².